The van der Waals surface area contributed by atoms with E-state index in [0.29, 0.717) is 59.8 Å². The van der Waals surface area contributed by atoms with Gasteiger partial charge in [0.2, 0.25) is 0 Å². The molecule has 0 spiro atoms. The van der Waals surface area contributed by atoms with Crippen LogP contribution in [0.25, 0.3) is 6.08 Å². The summed E-state index contributed by atoms with van der Waals surface area (Å²) in [6, 6.07) is 19.7. The number of benzene rings is 3. The lowest BCUT2D eigenvalue weighted by atomic mass is 9.96. The van der Waals surface area contributed by atoms with Crippen molar-refractivity contribution in [3.8, 4) is 17.6 Å². The van der Waals surface area contributed by atoms with Gasteiger partial charge in [-0.25, -0.2) is 9.79 Å². The Morgan fingerprint density at radius 2 is 1.73 bits per heavy atom. The summed E-state index contributed by atoms with van der Waals surface area (Å²) in [6.07, 6.45) is 1.79. The van der Waals surface area contributed by atoms with Gasteiger partial charge < -0.3 is 14.2 Å². The number of fused-ring (bicyclic) bond motifs is 1. The standard InChI is InChI=1S/C33H27Br2N3O5S/c1-4-41-24-12-10-23(11-13-24)29-28(32(40)42-5-2)19(3)37-33-38(29)31(39)27(44-33)16-22-14-25(34)30(26(35)15-22)43-18-21-8-6-20(17-36)7-9-21/h6-16,29H,4-5,18H2,1-3H3/b27-16-/t29-/m0/s1. The molecule has 4 aromatic rings. The van der Waals surface area contributed by atoms with Gasteiger partial charge in [0.05, 0.1) is 55.6 Å². The van der Waals surface area contributed by atoms with Crippen LogP contribution in [-0.4, -0.2) is 23.8 Å². The molecular formula is C33H27Br2N3O5S. The summed E-state index contributed by atoms with van der Waals surface area (Å²) in [6.45, 7) is 6.45. The molecule has 5 rings (SSSR count). The van der Waals surface area contributed by atoms with Crippen LogP contribution in [0.3, 0.4) is 0 Å². The number of aromatic nitrogens is 1. The van der Waals surface area contributed by atoms with Gasteiger partial charge in [-0.3, -0.25) is 9.36 Å². The lowest BCUT2D eigenvalue weighted by molar-refractivity contribution is -0.139. The normalized spacial score (nSPS) is 14.5. The molecule has 1 atom stereocenters. The quantitative estimate of drug-likeness (QED) is 0.191. The highest BCUT2D eigenvalue weighted by Gasteiger charge is 2.33. The molecule has 0 unspecified atom stereocenters. The molecule has 0 radical (unpaired) electrons. The number of carbonyl (C=O) groups excluding carboxylic acids is 1. The molecule has 0 bridgehead atoms. The van der Waals surface area contributed by atoms with Crippen molar-refractivity contribution in [2.75, 3.05) is 13.2 Å². The van der Waals surface area contributed by atoms with Gasteiger partial charge in [-0.15, -0.1) is 0 Å². The second kappa shape index (κ2) is 13.8. The van der Waals surface area contributed by atoms with Gasteiger partial charge in [0.15, 0.2) is 4.80 Å². The molecule has 1 aliphatic heterocycles. The van der Waals surface area contributed by atoms with Crippen LogP contribution in [-0.2, 0) is 16.1 Å². The molecule has 0 saturated heterocycles. The number of hydrogen-bond donors (Lipinski definition) is 0. The van der Waals surface area contributed by atoms with E-state index in [1.165, 1.54) is 11.3 Å². The maximum Gasteiger partial charge on any atom is 0.338 e. The number of esters is 1. The van der Waals surface area contributed by atoms with Crippen LogP contribution in [0.5, 0.6) is 11.5 Å². The summed E-state index contributed by atoms with van der Waals surface area (Å²) < 4.78 is 20.5. The predicted octanol–water partition coefficient (Wildman–Crippen LogP) is 6.17. The highest BCUT2D eigenvalue weighted by Crippen LogP contribution is 2.36. The first kappa shape index (κ1) is 31.4. The van der Waals surface area contributed by atoms with Crippen molar-refractivity contribution < 1.29 is 19.0 Å². The van der Waals surface area contributed by atoms with E-state index in [4.69, 9.17) is 19.5 Å². The molecule has 0 N–H and O–H groups in total. The van der Waals surface area contributed by atoms with Crippen molar-refractivity contribution in [1.82, 2.24) is 4.57 Å². The van der Waals surface area contributed by atoms with E-state index in [1.54, 1.807) is 36.6 Å². The van der Waals surface area contributed by atoms with E-state index < -0.39 is 12.0 Å². The predicted molar refractivity (Wildman–Crippen MR) is 175 cm³/mol. The number of rotatable bonds is 9. The smallest absolute Gasteiger partial charge is 0.338 e. The molecule has 1 aliphatic rings. The van der Waals surface area contributed by atoms with Crippen LogP contribution in [0, 0.1) is 11.3 Å². The zero-order valence-electron chi connectivity index (χ0n) is 24.1. The summed E-state index contributed by atoms with van der Waals surface area (Å²) in [5.41, 5.74) is 3.58. The topological polar surface area (TPSA) is 103 Å². The van der Waals surface area contributed by atoms with Crippen LogP contribution in [0.1, 0.15) is 49.1 Å². The van der Waals surface area contributed by atoms with Crippen molar-refractivity contribution in [3.63, 3.8) is 0 Å². The molecule has 1 aromatic heterocycles. The Hall–Kier alpha value is -3.98. The Labute approximate surface area is 274 Å². The van der Waals surface area contributed by atoms with Gasteiger partial charge in [0, 0.05) is 0 Å². The number of allylic oxidation sites excluding steroid dienone is 1. The first-order chi connectivity index (χ1) is 21.2. The monoisotopic (exact) mass is 735 g/mol. The van der Waals surface area contributed by atoms with Crippen LogP contribution in [0.15, 0.2) is 90.7 Å². The molecule has 224 valence electrons. The second-order valence-corrected chi connectivity index (χ2v) is 12.4. The van der Waals surface area contributed by atoms with Gasteiger partial charge in [0.1, 0.15) is 18.1 Å². The van der Waals surface area contributed by atoms with Crippen molar-refractivity contribution in [2.24, 2.45) is 4.99 Å². The Morgan fingerprint density at radius 1 is 1.05 bits per heavy atom. The van der Waals surface area contributed by atoms with Gasteiger partial charge in [-0.1, -0.05) is 35.6 Å². The molecule has 0 aliphatic carbocycles. The zero-order valence-corrected chi connectivity index (χ0v) is 28.1. The first-order valence-corrected chi connectivity index (χ1v) is 16.2. The summed E-state index contributed by atoms with van der Waals surface area (Å²) in [5, 5.41) is 9.01. The van der Waals surface area contributed by atoms with Gasteiger partial charge >= 0.3 is 5.97 Å². The van der Waals surface area contributed by atoms with Crippen LogP contribution < -0.4 is 24.4 Å². The first-order valence-electron chi connectivity index (χ1n) is 13.8. The van der Waals surface area contributed by atoms with Crippen molar-refractivity contribution in [3.05, 3.63) is 123 Å². The van der Waals surface area contributed by atoms with Crippen LogP contribution >= 0.6 is 43.2 Å². The fourth-order valence-electron chi connectivity index (χ4n) is 4.80. The summed E-state index contributed by atoms with van der Waals surface area (Å²) in [7, 11) is 0. The number of hydrogen-bond acceptors (Lipinski definition) is 8. The molecule has 44 heavy (non-hydrogen) atoms. The van der Waals surface area contributed by atoms with Crippen LogP contribution in [0.4, 0.5) is 0 Å². The summed E-state index contributed by atoms with van der Waals surface area (Å²) in [5.74, 6) is 0.798. The van der Waals surface area contributed by atoms with E-state index in [-0.39, 0.29) is 12.2 Å². The number of nitriles is 1. The van der Waals surface area contributed by atoms with Gasteiger partial charge in [-0.05, 0) is 112 Å². The Bertz CT molecular complexity index is 1950. The fourth-order valence-corrected chi connectivity index (χ4v) is 7.30. The highest BCUT2D eigenvalue weighted by molar-refractivity contribution is 9.11. The molecule has 2 heterocycles. The largest absolute Gasteiger partial charge is 0.494 e. The molecular weight excluding hydrogens is 710 g/mol. The summed E-state index contributed by atoms with van der Waals surface area (Å²) in [4.78, 5) is 32.2. The molecule has 0 amide bonds. The fraction of sp³-hybridized carbons (Fsp3) is 0.212. The van der Waals surface area contributed by atoms with E-state index in [1.807, 2.05) is 55.5 Å². The number of thiazole rings is 1. The number of halogens is 2. The van der Waals surface area contributed by atoms with Crippen LogP contribution in [0.2, 0.25) is 0 Å². The third-order valence-electron chi connectivity index (χ3n) is 6.81. The average Bonchev–Trinajstić information content (AvgIpc) is 3.30. The minimum Gasteiger partial charge on any atom is -0.494 e. The maximum absolute atomic E-state index is 14.0. The third kappa shape index (κ3) is 6.58. The van der Waals surface area contributed by atoms with Crippen molar-refractivity contribution in [2.45, 2.75) is 33.4 Å². The SMILES string of the molecule is CCOC(=O)C1=C(C)N=c2s/c(=C\c3cc(Br)c(OCc4ccc(C#N)cc4)c(Br)c3)c(=O)n2[C@H]1c1ccc(OCC)cc1. The highest BCUT2D eigenvalue weighted by atomic mass is 79.9. The van der Waals surface area contributed by atoms with E-state index in [0.717, 1.165) is 16.7 Å². The van der Waals surface area contributed by atoms with Crippen molar-refractivity contribution in [1.29, 1.82) is 5.26 Å². The molecule has 8 nitrogen and oxygen atoms in total. The zero-order chi connectivity index (χ0) is 31.4. The lowest BCUT2D eigenvalue weighted by Gasteiger charge is -2.24. The van der Waals surface area contributed by atoms with Gasteiger partial charge in [-0.2, -0.15) is 5.26 Å². The molecule has 11 heteroatoms. The minimum atomic E-state index is -0.709. The summed E-state index contributed by atoms with van der Waals surface area (Å²) >= 11 is 8.46. The maximum atomic E-state index is 14.0. The molecule has 0 saturated carbocycles. The van der Waals surface area contributed by atoms with E-state index >= 15 is 0 Å². The number of carbonyl (C=O) groups is 1. The van der Waals surface area contributed by atoms with Crippen molar-refractivity contribution >= 4 is 55.2 Å². The number of nitrogens with zero attached hydrogens (tertiary/aromatic N) is 3. The average molecular weight is 737 g/mol. The Kier molecular flexibility index (Phi) is 9.84. The lowest BCUT2D eigenvalue weighted by Crippen LogP contribution is -2.39. The second-order valence-electron chi connectivity index (χ2n) is 9.72. The third-order valence-corrected chi connectivity index (χ3v) is 8.97. The minimum absolute atomic E-state index is 0.201. The Balaban J connectivity index is 1.52. The molecule has 3 aromatic carbocycles. The molecule has 0 fully saturated rings. The Morgan fingerprint density at radius 3 is 2.34 bits per heavy atom. The van der Waals surface area contributed by atoms with E-state index in [9.17, 15) is 9.59 Å². The van der Waals surface area contributed by atoms with Gasteiger partial charge in [0.25, 0.3) is 5.56 Å². The van der Waals surface area contributed by atoms with E-state index in [2.05, 4.69) is 42.9 Å². The number of ether oxygens (including phenoxy) is 3.